The van der Waals surface area contributed by atoms with Crippen molar-refractivity contribution < 1.29 is 4.39 Å². The Kier molecular flexibility index (Phi) is 3.20. The van der Waals surface area contributed by atoms with Crippen molar-refractivity contribution >= 4 is 0 Å². The predicted octanol–water partition coefficient (Wildman–Crippen LogP) is 2.22. The third-order valence-corrected chi connectivity index (χ3v) is 2.71. The molecular weight excluding hydrogens is 217 g/mol. The molecule has 0 bridgehead atoms. The lowest BCUT2D eigenvalue weighted by Crippen LogP contribution is -1.98. The van der Waals surface area contributed by atoms with Crippen LogP contribution in [0.25, 0.3) is 0 Å². The SMILES string of the molecule is Cn1cnc(CCc2ccccc2F)c1C#N. The molecule has 0 saturated heterocycles. The maximum absolute atomic E-state index is 13.4. The third kappa shape index (κ3) is 2.34. The number of imidazole rings is 1. The van der Waals surface area contributed by atoms with Crippen molar-refractivity contribution in [3.8, 4) is 6.07 Å². The fourth-order valence-electron chi connectivity index (χ4n) is 1.76. The van der Waals surface area contributed by atoms with Gasteiger partial charge in [0.25, 0.3) is 0 Å². The molecule has 0 saturated carbocycles. The first-order valence-electron chi connectivity index (χ1n) is 5.36. The van der Waals surface area contributed by atoms with Crippen molar-refractivity contribution in [2.45, 2.75) is 12.8 Å². The molecule has 1 aromatic heterocycles. The molecule has 0 amide bonds. The van der Waals surface area contributed by atoms with E-state index in [9.17, 15) is 4.39 Å². The van der Waals surface area contributed by atoms with Gasteiger partial charge in [-0.25, -0.2) is 9.37 Å². The molecule has 0 N–H and O–H groups in total. The monoisotopic (exact) mass is 229 g/mol. The number of aryl methyl sites for hydroxylation is 3. The third-order valence-electron chi connectivity index (χ3n) is 2.71. The molecule has 0 radical (unpaired) electrons. The number of hydrogen-bond donors (Lipinski definition) is 0. The van der Waals surface area contributed by atoms with Crippen LogP contribution in [0, 0.1) is 17.1 Å². The van der Waals surface area contributed by atoms with Crippen molar-refractivity contribution in [3.05, 3.63) is 53.4 Å². The number of halogens is 1. The number of nitriles is 1. The Morgan fingerprint density at radius 1 is 1.35 bits per heavy atom. The first kappa shape index (κ1) is 11.3. The molecule has 1 aromatic carbocycles. The highest BCUT2D eigenvalue weighted by molar-refractivity contribution is 5.28. The van der Waals surface area contributed by atoms with E-state index in [0.29, 0.717) is 24.1 Å². The largest absolute Gasteiger partial charge is 0.325 e. The van der Waals surface area contributed by atoms with Crippen LogP contribution in [0.4, 0.5) is 4.39 Å². The first-order chi connectivity index (χ1) is 8.22. The molecule has 4 heteroatoms. The van der Waals surface area contributed by atoms with E-state index >= 15 is 0 Å². The Bertz CT molecular complexity index is 566. The predicted molar refractivity (Wildman–Crippen MR) is 61.7 cm³/mol. The Morgan fingerprint density at radius 3 is 2.82 bits per heavy atom. The molecule has 0 atom stereocenters. The summed E-state index contributed by atoms with van der Waals surface area (Å²) in [5.41, 5.74) is 1.92. The van der Waals surface area contributed by atoms with Crippen LogP contribution in [-0.4, -0.2) is 9.55 Å². The Morgan fingerprint density at radius 2 is 2.12 bits per heavy atom. The lowest BCUT2D eigenvalue weighted by molar-refractivity contribution is 0.608. The standard InChI is InChI=1S/C13H12FN3/c1-17-9-16-12(13(17)8-15)7-6-10-4-2-3-5-11(10)14/h2-5,9H,6-7H2,1H3. The van der Waals surface area contributed by atoms with Crippen molar-refractivity contribution in [2.24, 2.45) is 7.05 Å². The molecule has 2 rings (SSSR count). The van der Waals surface area contributed by atoms with Crippen LogP contribution in [0.2, 0.25) is 0 Å². The fourth-order valence-corrected chi connectivity index (χ4v) is 1.76. The molecule has 3 nitrogen and oxygen atoms in total. The normalized spacial score (nSPS) is 10.2. The van der Waals surface area contributed by atoms with E-state index in [1.54, 1.807) is 30.1 Å². The van der Waals surface area contributed by atoms with Crippen LogP contribution < -0.4 is 0 Å². The highest BCUT2D eigenvalue weighted by atomic mass is 19.1. The molecule has 0 unspecified atom stereocenters. The van der Waals surface area contributed by atoms with Gasteiger partial charge in [0.1, 0.15) is 17.6 Å². The van der Waals surface area contributed by atoms with Gasteiger partial charge in [-0.2, -0.15) is 5.26 Å². The maximum Gasteiger partial charge on any atom is 0.142 e. The number of hydrogen-bond acceptors (Lipinski definition) is 2. The van der Waals surface area contributed by atoms with E-state index < -0.39 is 0 Å². The van der Waals surface area contributed by atoms with Crippen molar-refractivity contribution in [3.63, 3.8) is 0 Å². The van der Waals surface area contributed by atoms with Crippen LogP contribution in [0.3, 0.4) is 0 Å². The van der Waals surface area contributed by atoms with Crippen LogP contribution >= 0.6 is 0 Å². The summed E-state index contributed by atoms with van der Waals surface area (Å²) in [5, 5.41) is 8.96. The van der Waals surface area contributed by atoms with Gasteiger partial charge in [0.15, 0.2) is 0 Å². The molecule has 86 valence electrons. The van der Waals surface area contributed by atoms with Crippen LogP contribution in [0.15, 0.2) is 30.6 Å². The summed E-state index contributed by atoms with van der Waals surface area (Å²) in [6.45, 7) is 0. The zero-order valence-corrected chi connectivity index (χ0v) is 9.52. The number of nitrogens with zero attached hydrogens (tertiary/aromatic N) is 3. The minimum Gasteiger partial charge on any atom is -0.325 e. The topological polar surface area (TPSA) is 41.6 Å². The van der Waals surface area contributed by atoms with Gasteiger partial charge in [0, 0.05) is 7.05 Å². The highest BCUT2D eigenvalue weighted by Gasteiger charge is 2.09. The molecule has 0 fully saturated rings. The average molecular weight is 229 g/mol. The summed E-state index contributed by atoms with van der Waals surface area (Å²) in [6, 6.07) is 8.77. The average Bonchev–Trinajstić information content (AvgIpc) is 2.69. The van der Waals surface area contributed by atoms with E-state index in [1.807, 2.05) is 6.07 Å². The van der Waals surface area contributed by atoms with E-state index in [4.69, 9.17) is 5.26 Å². The molecule has 0 aliphatic rings. The van der Waals surface area contributed by atoms with Crippen molar-refractivity contribution in [2.75, 3.05) is 0 Å². The Labute approximate surface area is 99.1 Å². The summed E-state index contributed by atoms with van der Waals surface area (Å²) in [6.07, 6.45) is 2.73. The Hall–Kier alpha value is -2.15. The second-order valence-corrected chi connectivity index (χ2v) is 3.85. The van der Waals surface area contributed by atoms with E-state index in [1.165, 1.54) is 6.07 Å². The minimum atomic E-state index is -0.207. The lowest BCUT2D eigenvalue weighted by Gasteiger charge is -2.01. The summed E-state index contributed by atoms with van der Waals surface area (Å²) in [4.78, 5) is 4.15. The second-order valence-electron chi connectivity index (χ2n) is 3.85. The number of benzene rings is 1. The second kappa shape index (κ2) is 4.79. The quantitative estimate of drug-likeness (QED) is 0.809. The van der Waals surface area contributed by atoms with Gasteiger partial charge in [-0.1, -0.05) is 18.2 Å². The summed E-state index contributed by atoms with van der Waals surface area (Å²) in [5.74, 6) is -0.207. The smallest absolute Gasteiger partial charge is 0.142 e. The minimum absolute atomic E-state index is 0.207. The van der Waals surface area contributed by atoms with Gasteiger partial charge in [0.05, 0.1) is 12.0 Å². The summed E-state index contributed by atoms with van der Waals surface area (Å²) in [7, 11) is 1.78. The van der Waals surface area contributed by atoms with Crippen LogP contribution in [0.5, 0.6) is 0 Å². The van der Waals surface area contributed by atoms with Gasteiger partial charge in [-0.05, 0) is 24.5 Å². The maximum atomic E-state index is 13.4. The van der Waals surface area contributed by atoms with Gasteiger partial charge in [-0.3, -0.25) is 0 Å². The molecule has 2 aromatic rings. The van der Waals surface area contributed by atoms with Gasteiger partial charge >= 0.3 is 0 Å². The zero-order chi connectivity index (χ0) is 12.3. The van der Waals surface area contributed by atoms with E-state index in [2.05, 4.69) is 11.1 Å². The summed E-state index contributed by atoms with van der Waals surface area (Å²) >= 11 is 0. The first-order valence-corrected chi connectivity index (χ1v) is 5.36. The van der Waals surface area contributed by atoms with Gasteiger partial charge in [0.2, 0.25) is 0 Å². The zero-order valence-electron chi connectivity index (χ0n) is 9.52. The molecule has 17 heavy (non-hydrogen) atoms. The molecule has 0 aliphatic heterocycles. The van der Waals surface area contributed by atoms with E-state index in [0.717, 1.165) is 5.69 Å². The van der Waals surface area contributed by atoms with Gasteiger partial charge < -0.3 is 4.57 Å². The fraction of sp³-hybridized carbons (Fsp3) is 0.231. The van der Waals surface area contributed by atoms with Gasteiger partial charge in [-0.15, -0.1) is 0 Å². The molecule has 1 heterocycles. The molecule has 0 spiro atoms. The number of rotatable bonds is 3. The van der Waals surface area contributed by atoms with Crippen LogP contribution in [-0.2, 0) is 19.9 Å². The number of aromatic nitrogens is 2. The summed E-state index contributed by atoms with van der Waals surface area (Å²) < 4.78 is 15.1. The van der Waals surface area contributed by atoms with Crippen molar-refractivity contribution in [1.29, 1.82) is 5.26 Å². The van der Waals surface area contributed by atoms with E-state index in [-0.39, 0.29) is 5.82 Å². The van der Waals surface area contributed by atoms with Crippen molar-refractivity contribution in [1.82, 2.24) is 9.55 Å². The molecular formula is C13H12FN3. The highest BCUT2D eigenvalue weighted by Crippen LogP contribution is 2.12. The molecule has 0 aliphatic carbocycles. The Balaban J connectivity index is 2.13. The van der Waals surface area contributed by atoms with Crippen LogP contribution in [0.1, 0.15) is 17.0 Å². The lowest BCUT2D eigenvalue weighted by atomic mass is 10.1.